The summed E-state index contributed by atoms with van der Waals surface area (Å²) in [6.07, 6.45) is 3.09. The maximum absolute atomic E-state index is 12.4. The van der Waals surface area contributed by atoms with E-state index in [-0.39, 0.29) is 23.2 Å². The zero-order valence-electron chi connectivity index (χ0n) is 13.7. The van der Waals surface area contributed by atoms with Gasteiger partial charge in [-0.25, -0.2) is 15.0 Å². The summed E-state index contributed by atoms with van der Waals surface area (Å²) in [5.41, 5.74) is 1.10. The summed E-state index contributed by atoms with van der Waals surface area (Å²) in [7, 11) is 0. The summed E-state index contributed by atoms with van der Waals surface area (Å²) < 4.78 is 2.21. The number of carbonyl (C=O) groups is 1. The lowest BCUT2D eigenvalue weighted by Crippen LogP contribution is -2.22. The Bertz CT molecular complexity index is 977. The van der Waals surface area contributed by atoms with E-state index >= 15 is 0 Å². The number of hydrogen-bond acceptors (Lipinski definition) is 6. The Balaban J connectivity index is 1.78. The molecule has 0 aliphatic rings. The summed E-state index contributed by atoms with van der Waals surface area (Å²) >= 11 is 4.41. The van der Waals surface area contributed by atoms with Gasteiger partial charge in [-0.1, -0.05) is 30.0 Å². The topological polar surface area (TPSA) is 89.8 Å². The van der Waals surface area contributed by atoms with Crippen LogP contribution < -0.4 is 10.9 Å². The number of rotatable bonds is 5. The van der Waals surface area contributed by atoms with Crippen molar-refractivity contribution in [2.24, 2.45) is 0 Å². The Labute approximate surface area is 162 Å². The number of halogens is 1. The highest BCUT2D eigenvalue weighted by molar-refractivity contribution is 9.10. The van der Waals surface area contributed by atoms with Gasteiger partial charge in [0.1, 0.15) is 0 Å². The predicted octanol–water partition coefficient (Wildman–Crippen LogP) is 2.82. The average molecular weight is 432 g/mol. The molecule has 0 atom stereocenters. The smallest absolute Gasteiger partial charge is 0.258 e. The fourth-order valence-electron chi connectivity index (χ4n) is 2.15. The highest BCUT2D eigenvalue weighted by Crippen LogP contribution is 2.18. The molecule has 0 spiro atoms. The van der Waals surface area contributed by atoms with E-state index in [2.05, 4.69) is 36.2 Å². The van der Waals surface area contributed by atoms with E-state index in [0.29, 0.717) is 16.5 Å². The van der Waals surface area contributed by atoms with Crippen molar-refractivity contribution in [3.8, 4) is 5.69 Å². The minimum Gasteiger partial charge on any atom is -0.294 e. The Hall–Kier alpha value is -2.52. The quantitative estimate of drug-likeness (QED) is 0.493. The number of nitrogens with zero attached hydrogens (tertiary/aromatic N) is 4. The first kappa shape index (κ1) is 18.3. The molecule has 0 bridgehead atoms. The first-order valence-electron chi connectivity index (χ1n) is 7.59. The predicted molar refractivity (Wildman–Crippen MR) is 104 cm³/mol. The van der Waals surface area contributed by atoms with Gasteiger partial charge in [0.2, 0.25) is 11.9 Å². The number of amides is 1. The summed E-state index contributed by atoms with van der Waals surface area (Å²) in [5, 5.41) is 3.06. The van der Waals surface area contributed by atoms with Gasteiger partial charge in [0.25, 0.3) is 5.56 Å². The molecular weight excluding hydrogens is 418 g/mol. The number of para-hydroxylation sites is 1. The molecule has 0 aliphatic carbocycles. The molecule has 0 fully saturated rings. The first-order chi connectivity index (χ1) is 12.5. The van der Waals surface area contributed by atoms with E-state index in [1.165, 1.54) is 22.4 Å². The third-order valence-electron chi connectivity index (χ3n) is 3.23. The minimum atomic E-state index is -0.285. The van der Waals surface area contributed by atoms with Gasteiger partial charge in [-0.05, 0) is 35.0 Å². The fraction of sp³-hybridized carbons (Fsp3) is 0.118. The van der Waals surface area contributed by atoms with Gasteiger partial charge in [0, 0.05) is 24.2 Å². The van der Waals surface area contributed by atoms with Crippen LogP contribution in [0.15, 0.2) is 63.2 Å². The maximum atomic E-state index is 12.4. The number of thioether (sulfide) groups is 1. The second kappa shape index (κ2) is 8.24. The Morgan fingerprint density at radius 1 is 1.23 bits per heavy atom. The number of carbonyl (C=O) groups excluding carboxylic acids is 1. The van der Waals surface area contributed by atoms with Crippen molar-refractivity contribution < 1.29 is 4.79 Å². The molecule has 2 aromatic heterocycles. The number of nitrogens with one attached hydrogen (secondary N) is 1. The molecule has 0 radical (unpaired) electrons. The molecule has 2 heterocycles. The minimum absolute atomic E-state index is 0.0716. The number of benzene rings is 1. The van der Waals surface area contributed by atoms with Crippen LogP contribution in [-0.4, -0.2) is 31.2 Å². The van der Waals surface area contributed by atoms with Crippen LogP contribution >= 0.6 is 27.7 Å². The summed E-state index contributed by atoms with van der Waals surface area (Å²) in [6, 6.07) is 10.7. The van der Waals surface area contributed by atoms with Gasteiger partial charge in [-0.15, -0.1) is 0 Å². The normalized spacial score (nSPS) is 10.5. The molecule has 1 N–H and O–H groups in total. The molecule has 1 amide bonds. The summed E-state index contributed by atoms with van der Waals surface area (Å²) in [6.45, 7) is 1.75. The van der Waals surface area contributed by atoms with Crippen molar-refractivity contribution in [3.05, 3.63) is 69.3 Å². The van der Waals surface area contributed by atoms with E-state index in [4.69, 9.17) is 0 Å². The van der Waals surface area contributed by atoms with Gasteiger partial charge >= 0.3 is 0 Å². The van der Waals surface area contributed by atoms with Crippen LogP contribution in [0.2, 0.25) is 0 Å². The van der Waals surface area contributed by atoms with E-state index in [1.54, 1.807) is 19.3 Å². The van der Waals surface area contributed by atoms with Crippen LogP contribution in [0.25, 0.3) is 5.69 Å². The van der Waals surface area contributed by atoms with Crippen LogP contribution in [-0.2, 0) is 4.79 Å². The summed E-state index contributed by atoms with van der Waals surface area (Å²) in [4.78, 5) is 37.0. The molecule has 132 valence electrons. The molecule has 7 nitrogen and oxygen atoms in total. The number of hydrogen-bond donors (Lipinski definition) is 1. The third-order valence-corrected chi connectivity index (χ3v) is 4.58. The monoisotopic (exact) mass is 431 g/mol. The van der Waals surface area contributed by atoms with Gasteiger partial charge in [0.05, 0.1) is 15.9 Å². The number of anilines is 1. The standard InChI is InChI=1S/C17H14BrN5O2S/c1-11-7-15(25)23(13-5-3-2-4-6-13)17(21-11)26-10-14(24)22-16-19-8-12(18)9-20-16/h2-9H,10H2,1H3,(H,19,20,22,24). The van der Waals surface area contributed by atoms with Crippen LogP contribution in [0.5, 0.6) is 0 Å². The molecule has 0 saturated carbocycles. The zero-order chi connectivity index (χ0) is 18.5. The van der Waals surface area contributed by atoms with Crippen molar-refractivity contribution in [2.45, 2.75) is 12.1 Å². The lowest BCUT2D eigenvalue weighted by Gasteiger charge is -2.12. The number of aromatic nitrogens is 4. The molecule has 0 unspecified atom stereocenters. The van der Waals surface area contributed by atoms with E-state index < -0.39 is 0 Å². The lowest BCUT2D eigenvalue weighted by atomic mass is 10.3. The second-order valence-corrected chi connectivity index (χ2v) is 7.11. The van der Waals surface area contributed by atoms with Crippen molar-refractivity contribution in [3.63, 3.8) is 0 Å². The number of aryl methyl sites for hydroxylation is 1. The molecule has 1 aromatic carbocycles. The van der Waals surface area contributed by atoms with Gasteiger partial charge in [0.15, 0.2) is 5.16 Å². The van der Waals surface area contributed by atoms with Gasteiger partial charge < -0.3 is 0 Å². The Kier molecular flexibility index (Phi) is 5.79. The highest BCUT2D eigenvalue weighted by atomic mass is 79.9. The fourth-order valence-corrected chi connectivity index (χ4v) is 3.22. The van der Waals surface area contributed by atoms with Crippen molar-refractivity contribution >= 4 is 39.5 Å². The van der Waals surface area contributed by atoms with Gasteiger partial charge in [-0.2, -0.15) is 0 Å². The molecule has 9 heteroatoms. The summed E-state index contributed by atoms with van der Waals surface area (Å²) in [5.74, 6) is 0.00597. The molecule has 3 aromatic rings. The highest BCUT2D eigenvalue weighted by Gasteiger charge is 2.13. The second-order valence-electron chi connectivity index (χ2n) is 5.25. The van der Waals surface area contributed by atoms with Crippen LogP contribution in [0, 0.1) is 6.92 Å². The van der Waals surface area contributed by atoms with Crippen molar-refractivity contribution in [2.75, 3.05) is 11.1 Å². The van der Waals surface area contributed by atoms with Crippen molar-refractivity contribution in [1.82, 2.24) is 19.5 Å². The first-order valence-corrected chi connectivity index (χ1v) is 9.37. The largest absolute Gasteiger partial charge is 0.294 e. The Morgan fingerprint density at radius 3 is 2.62 bits per heavy atom. The van der Waals surface area contributed by atoms with Gasteiger partial charge in [-0.3, -0.25) is 19.5 Å². The van der Waals surface area contributed by atoms with E-state index in [0.717, 1.165) is 4.47 Å². The van der Waals surface area contributed by atoms with Crippen molar-refractivity contribution in [1.29, 1.82) is 0 Å². The van der Waals surface area contributed by atoms with Crippen LogP contribution in [0.1, 0.15) is 5.69 Å². The van der Waals surface area contributed by atoms with E-state index in [9.17, 15) is 9.59 Å². The van der Waals surface area contributed by atoms with Crippen LogP contribution in [0.3, 0.4) is 0 Å². The maximum Gasteiger partial charge on any atom is 0.258 e. The SMILES string of the molecule is Cc1cc(=O)n(-c2ccccc2)c(SCC(=O)Nc2ncc(Br)cn2)n1. The Morgan fingerprint density at radius 2 is 1.92 bits per heavy atom. The molecule has 26 heavy (non-hydrogen) atoms. The molecule has 0 saturated heterocycles. The molecule has 3 rings (SSSR count). The molecular formula is C17H14BrN5O2S. The molecule has 0 aliphatic heterocycles. The zero-order valence-corrected chi connectivity index (χ0v) is 16.1. The lowest BCUT2D eigenvalue weighted by molar-refractivity contribution is -0.113. The third kappa shape index (κ3) is 4.55. The van der Waals surface area contributed by atoms with Crippen LogP contribution in [0.4, 0.5) is 5.95 Å². The average Bonchev–Trinajstić information content (AvgIpc) is 2.62. The van der Waals surface area contributed by atoms with E-state index in [1.807, 2.05) is 30.3 Å².